The van der Waals surface area contributed by atoms with E-state index < -0.39 is 0 Å². The van der Waals surface area contributed by atoms with Crippen molar-refractivity contribution in [2.75, 3.05) is 0 Å². The van der Waals surface area contributed by atoms with Crippen LogP contribution in [-0.4, -0.2) is 21.3 Å². The minimum Gasteiger partial charge on any atom is -0.197 e. The molecule has 0 aliphatic rings. The molecule has 0 N–H and O–H groups in total. The SMILES string of the molecule is O=S.[Cd].[Se]. The molecular formula is CdOSSe. The van der Waals surface area contributed by atoms with Gasteiger partial charge in [0.15, 0.2) is 12.5 Å². The fourth-order valence-corrected chi connectivity index (χ4v) is 0. The van der Waals surface area contributed by atoms with Crippen molar-refractivity contribution in [3.05, 3.63) is 0 Å². The van der Waals surface area contributed by atoms with Crippen LogP contribution in [-0.2, 0) is 39.8 Å². The normalized spacial score (nSPS) is 1.00. The molecule has 0 aromatic carbocycles. The van der Waals surface area contributed by atoms with E-state index >= 15 is 0 Å². The van der Waals surface area contributed by atoms with E-state index in [1.54, 1.807) is 0 Å². The predicted octanol–water partition coefficient (Wildman–Crippen LogP) is -0.720. The maximum atomic E-state index is 7.83. The molecule has 0 rings (SSSR count). The van der Waals surface area contributed by atoms with E-state index in [1.807, 2.05) is 0 Å². The zero-order valence-electron chi connectivity index (χ0n) is 1.93. The van der Waals surface area contributed by atoms with Gasteiger partial charge in [0, 0.05) is 44.4 Å². The third-order valence-corrected chi connectivity index (χ3v) is 0. The molecule has 0 saturated heterocycles. The van der Waals surface area contributed by atoms with Gasteiger partial charge in [-0.1, -0.05) is 0 Å². The first kappa shape index (κ1) is 17.9. The zero-order valence-corrected chi connectivity index (χ0v) is 8.50. The van der Waals surface area contributed by atoms with Crippen LogP contribution in [0.3, 0.4) is 0 Å². The molecule has 0 aromatic heterocycles. The van der Waals surface area contributed by atoms with Gasteiger partial charge in [0.05, 0.1) is 0 Å². The molecule has 0 aliphatic carbocycles. The summed E-state index contributed by atoms with van der Waals surface area (Å²) in [5.41, 5.74) is 0. The van der Waals surface area contributed by atoms with Crippen LogP contribution in [0.1, 0.15) is 0 Å². The van der Waals surface area contributed by atoms with Crippen molar-refractivity contribution in [3.63, 3.8) is 0 Å². The van der Waals surface area contributed by atoms with E-state index in [4.69, 9.17) is 4.21 Å². The zero-order chi connectivity index (χ0) is 2.00. The summed E-state index contributed by atoms with van der Waals surface area (Å²) in [5.74, 6) is 0. The topological polar surface area (TPSA) is 17.1 Å². The summed E-state index contributed by atoms with van der Waals surface area (Å²) in [7, 11) is 0. The summed E-state index contributed by atoms with van der Waals surface area (Å²) in [6.45, 7) is 0. The van der Waals surface area contributed by atoms with Gasteiger partial charge in [-0.2, -0.15) is 4.21 Å². The maximum absolute atomic E-state index is 7.83. The monoisotopic (exact) mass is 242 g/mol. The van der Waals surface area contributed by atoms with Gasteiger partial charge >= 0.3 is 0 Å². The second-order valence-electron chi connectivity index (χ2n) is 0. The van der Waals surface area contributed by atoms with Crippen molar-refractivity contribution < 1.29 is 31.5 Å². The quantitative estimate of drug-likeness (QED) is 0.519. The van der Waals surface area contributed by atoms with E-state index in [2.05, 4.69) is 12.5 Å². The number of hydrogen-bond acceptors (Lipinski definition) is 2. The molecule has 20 valence electrons. The summed E-state index contributed by atoms with van der Waals surface area (Å²) in [5, 5.41) is 0. The van der Waals surface area contributed by atoms with Crippen LogP contribution in [0.4, 0.5) is 0 Å². The van der Waals surface area contributed by atoms with Crippen LogP contribution in [0.15, 0.2) is 0 Å². The average Bonchev–Trinajstić information content (AvgIpc) is 1.00. The van der Waals surface area contributed by atoms with E-state index in [0.717, 1.165) is 0 Å². The molecule has 0 bridgehead atoms. The Hall–Kier alpha value is 1.46. The molecule has 4 heteroatoms. The summed E-state index contributed by atoms with van der Waals surface area (Å²) in [6.07, 6.45) is 0. The third-order valence-electron chi connectivity index (χ3n) is 0. The van der Waals surface area contributed by atoms with Gasteiger partial charge in [-0.15, -0.1) is 0 Å². The van der Waals surface area contributed by atoms with Crippen molar-refractivity contribution >= 4 is 29.6 Å². The molecule has 0 unspecified atom stereocenters. The Morgan fingerprint density at radius 1 is 1.25 bits per heavy atom. The molecule has 0 atom stereocenters. The van der Waals surface area contributed by atoms with Crippen molar-refractivity contribution in [3.8, 4) is 0 Å². The van der Waals surface area contributed by atoms with Crippen LogP contribution in [0.25, 0.3) is 0 Å². The smallest absolute Gasteiger partial charge is 0.197 e. The van der Waals surface area contributed by atoms with E-state index in [0.29, 0.717) is 0 Å². The summed E-state index contributed by atoms with van der Waals surface area (Å²) in [4.78, 5) is 0. The molecule has 0 heterocycles. The Morgan fingerprint density at radius 2 is 1.25 bits per heavy atom. The Labute approximate surface area is 60.7 Å². The minimum absolute atomic E-state index is 0. The molecule has 0 fully saturated rings. The molecule has 0 saturated carbocycles. The van der Waals surface area contributed by atoms with Gasteiger partial charge in [0.2, 0.25) is 0 Å². The Bertz CT molecular complexity index is 8.00. The van der Waals surface area contributed by atoms with Gasteiger partial charge in [0.25, 0.3) is 0 Å². The van der Waals surface area contributed by atoms with Crippen LogP contribution < -0.4 is 0 Å². The van der Waals surface area contributed by atoms with Crippen molar-refractivity contribution in [2.24, 2.45) is 0 Å². The Kier molecular flexibility index (Phi) is 112. The second kappa shape index (κ2) is 25.0. The van der Waals surface area contributed by atoms with Crippen LogP contribution >= 0.6 is 0 Å². The van der Waals surface area contributed by atoms with E-state index in [-0.39, 0.29) is 44.4 Å². The first-order valence-electron chi connectivity index (χ1n) is 0.167. The summed E-state index contributed by atoms with van der Waals surface area (Å²) >= 11 is 2.83. The van der Waals surface area contributed by atoms with E-state index in [9.17, 15) is 0 Å². The molecule has 0 aliphatic heterocycles. The molecule has 0 spiro atoms. The van der Waals surface area contributed by atoms with Crippen molar-refractivity contribution in [1.29, 1.82) is 0 Å². The number of rotatable bonds is 0. The Morgan fingerprint density at radius 3 is 1.25 bits per heavy atom. The first-order chi connectivity index (χ1) is 1.00. The minimum atomic E-state index is 0. The van der Waals surface area contributed by atoms with Crippen molar-refractivity contribution in [2.45, 2.75) is 0 Å². The summed E-state index contributed by atoms with van der Waals surface area (Å²) < 4.78 is 7.83. The van der Waals surface area contributed by atoms with Crippen LogP contribution in [0.2, 0.25) is 0 Å². The Balaban J connectivity index is -0.00000000500. The second-order valence-corrected chi connectivity index (χ2v) is 0. The molecule has 4 heavy (non-hydrogen) atoms. The van der Waals surface area contributed by atoms with Crippen LogP contribution in [0, 0.1) is 0 Å². The fourth-order valence-electron chi connectivity index (χ4n) is 0. The first-order valence-corrected chi connectivity index (χ1v) is 0.500. The molecule has 0 amide bonds. The molecule has 0 aromatic rings. The average molecular weight is 239 g/mol. The summed E-state index contributed by atoms with van der Waals surface area (Å²) in [6, 6.07) is 0. The maximum Gasteiger partial charge on any atom is 0.197 e. The number of hydrogen-bond donors (Lipinski definition) is 0. The van der Waals surface area contributed by atoms with Crippen LogP contribution in [0.5, 0.6) is 0 Å². The predicted molar refractivity (Wildman–Crippen MR) is 13.9 cm³/mol. The van der Waals surface area contributed by atoms with Gasteiger partial charge in [-0.25, -0.2) is 0 Å². The van der Waals surface area contributed by atoms with Gasteiger partial charge in [-0.05, 0) is 0 Å². The molecule has 1 nitrogen and oxygen atoms in total. The fraction of sp³-hybridized carbons (Fsp3) is 0. The van der Waals surface area contributed by atoms with Gasteiger partial charge in [0.1, 0.15) is 0 Å². The van der Waals surface area contributed by atoms with Crippen molar-refractivity contribution in [1.82, 2.24) is 0 Å². The van der Waals surface area contributed by atoms with Gasteiger partial charge < -0.3 is 0 Å². The standard InChI is InChI=1S/Cd.OS.Se/c;1-2;. The largest absolute Gasteiger partial charge is 0.197 e. The molecular weight excluding hydrogens is 239 g/mol. The third kappa shape index (κ3) is 9.82. The molecule has 2 radical (unpaired) electrons. The van der Waals surface area contributed by atoms with Gasteiger partial charge in [-0.3, -0.25) is 0 Å². The van der Waals surface area contributed by atoms with E-state index in [1.165, 1.54) is 0 Å².